The smallest absolute Gasteiger partial charge is 0.280 e. The molecule has 1 aromatic heterocycles. The van der Waals surface area contributed by atoms with E-state index in [1.54, 1.807) is 11.4 Å². The third kappa shape index (κ3) is 1.82. The molecule has 1 aromatic carbocycles. The van der Waals surface area contributed by atoms with Crippen molar-refractivity contribution in [3.8, 4) is 0 Å². The van der Waals surface area contributed by atoms with E-state index in [-0.39, 0.29) is 16.3 Å². The number of nitro groups is 1. The third-order valence-electron chi connectivity index (χ3n) is 1.97. The number of hydrogen-bond acceptors (Lipinski definition) is 5. The SMILES string of the molecule is O=C(c1nccs1)c1ccccc1[N+](=O)[O-]. The monoisotopic (exact) mass is 234 g/mol. The number of aromatic nitrogens is 1. The van der Waals surface area contributed by atoms with Gasteiger partial charge in [-0.25, -0.2) is 4.98 Å². The van der Waals surface area contributed by atoms with Gasteiger partial charge in [0, 0.05) is 17.6 Å². The van der Waals surface area contributed by atoms with Crippen LogP contribution in [0.15, 0.2) is 35.8 Å². The highest BCUT2D eigenvalue weighted by Gasteiger charge is 2.21. The highest BCUT2D eigenvalue weighted by molar-refractivity contribution is 7.11. The Morgan fingerprint density at radius 2 is 2.12 bits per heavy atom. The van der Waals surface area contributed by atoms with Gasteiger partial charge in [-0.05, 0) is 6.07 Å². The Morgan fingerprint density at radius 1 is 1.38 bits per heavy atom. The van der Waals surface area contributed by atoms with Crippen molar-refractivity contribution in [3.05, 3.63) is 56.5 Å². The molecule has 0 saturated heterocycles. The van der Waals surface area contributed by atoms with Crippen molar-refractivity contribution in [2.75, 3.05) is 0 Å². The summed E-state index contributed by atoms with van der Waals surface area (Å²) >= 11 is 1.16. The fourth-order valence-electron chi connectivity index (χ4n) is 1.28. The second kappa shape index (κ2) is 4.19. The minimum atomic E-state index is -0.569. The quantitative estimate of drug-likeness (QED) is 0.464. The molecule has 0 radical (unpaired) electrons. The van der Waals surface area contributed by atoms with Gasteiger partial charge in [0.1, 0.15) is 5.56 Å². The van der Waals surface area contributed by atoms with Gasteiger partial charge in [-0.1, -0.05) is 12.1 Å². The Bertz CT molecular complexity index is 537. The number of carbonyl (C=O) groups excluding carboxylic acids is 1. The standard InChI is InChI=1S/C10H6N2O3S/c13-9(10-11-5-6-16-10)7-3-1-2-4-8(7)12(14)15/h1-6H. The van der Waals surface area contributed by atoms with E-state index in [9.17, 15) is 14.9 Å². The van der Waals surface area contributed by atoms with Crippen molar-refractivity contribution >= 4 is 22.8 Å². The van der Waals surface area contributed by atoms with Crippen LogP contribution in [0.4, 0.5) is 5.69 Å². The fourth-order valence-corrected chi connectivity index (χ4v) is 1.86. The molecule has 80 valence electrons. The average molecular weight is 234 g/mol. The zero-order chi connectivity index (χ0) is 11.5. The molecule has 0 amide bonds. The predicted molar refractivity (Wildman–Crippen MR) is 58.6 cm³/mol. The first-order valence-corrected chi connectivity index (χ1v) is 5.25. The fraction of sp³-hybridized carbons (Fsp3) is 0. The number of benzene rings is 1. The van der Waals surface area contributed by atoms with Gasteiger partial charge in [0.25, 0.3) is 5.69 Å². The van der Waals surface area contributed by atoms with Crippen LogP contribution >= 0.6 is 11.3 Å². The van der Waals surface area contributed by atoms with E-state index in [1.807, 2.05) is 0 Å². The first-order valence-electron chi connectivity index (χ1n) is 4.38. The van der Waals surface area contributed by atoms with Gasteiger partial charge < -0.3 is 0 Å². The molecule has 0 fully saturated rings. The first-order chi connectivity index (χ1) is 7.70. The van der Waals surface area contributed by atoms with Crippen LogP contribution in [0.3, 0.4) is 0 Å². The average Bonchev–Trinajstić information content (AvgIpc) is 2.81. The maximum atomic E-state index is 11.9. The molecule has 1 heterocycles. The Hall–Kier alpha value is -2.08. The number of rotatable bonds is 3. The number of para-hydroxylation sites is 1. The van der Waals surface area contributed by atoms with Gasteiger partial charge in [-0.2, -0.15) is 0 Å². The van der Waals surface area contributed by atoms with Gasteiger partial charge in [0.15, 0.2) is 5.01 Å². The lowest BCUT2D eigenvalue weighted by Gasteiger charge is -1.98. The van der Waals surface area contributed by atoms with Crippen LogP contribution in [-0.2, 0) is 0 Å². The Labute approximate surface area is 94.5 Å². The Morgan fingerprint density at radius 3 is 2.75 bits per heavy atom. The number of nitro benzene ring substituents is 1. The topological polar surface area (TPSA) is 73.1 Å². The van der Waals surface area contributed by atoms with Crippen LogP contribution in [0.1, 0.15) is 15.4 Å². The molecule has 5 nitrogen and oxygen atoms in total. The third-order valence-corrected chi connectivity index (χ3v) is 2.74. The maximum Gasteiger partial charge on any atom is 0.280 e. The molecular weight excluding hydrogens is 228 g/mol. The van der Waals surface area contributed by atoms with E-state index in [4.69, 9.17) is 0 Å². The van der Waals surface area contributed by atoms with Crippen molar-refractivity contribution in [1.82, 2.24) is 4.98 Å². The van der Waals surface area contributed by atoms with E-state index >= 15 is 0 Å². The zero-order valence-electron chi connectivity index (χ0n) is 7.99. The largest absolute Gasteiger partial charge is 0.286 e. The summed E-state index contributed by atoms with van der Waals surface area (Å²) in [6, 6.07) is 5.85. The van der Waals surface area contributed by atoms with E-state index in [1.165, 1.54) is 24.4 Å². The first kappa shape index (κ1) is 10.4. The summed E-state index contributed by atoms with van der Waals surface area (Å²) in [4.78, 5) is 25.9. The summed E-state index contributed by atoms with van der Waals surface area (Å²) < 4.78 is 0. The molecule has 0 spiro atoms. The summed E-state index contributed by atoms with van der Waals surface area (Å²) in [6.07, 6.45) is 1.49. The molecule has 0 N–H and O–H groups in total. The van der Waals surface area contributed by atoms with Gasteiger partial charge in [-0.15, -0.1) is 11.3 Å². The number of ketones is 1. The lowest BCUT2D eigenvalue weighted by atomic mass is 10.1. The second-order valence-electron chi connectivity index (χ2n) is 2.94. The highest BCUT2D eigenvalue weighted by atomic mass is 32.1. The molecular formula is C10H6N2O3S. The summed E-state index contributed by atoms with van der Waals surface area (Å²) in [6.45, 7) is 0. The highest BCUT2D eigenvalue weighted by Crippen LogP contribution is 2.21. The van der Waals surface area contributed by atoms with Crippen LogP contribution in [0.5, 0.6) is 0 Å². The summed E-state index contributed by atoms with van der Waals surface area (Å²) in [7, 11) is 0. The number of nitrogens with zero attached hydrogens (tertiary/aromatic N) is 2. The zero-order valence-corrected chi connectivity index (χ0v) is 8.81. The van der Waals surface area contributed by atoms with Crippen LogP contribution in [0, 0.1) is 10.1 Å². The normalized spacial score (nSPS) is 10.0. The molecule has 0 aliphatic rings. The molecule has 2 aromatic rings. The van der Waals surface area contributed by atoms with Crippen LogP contribution < -0.4 is 0 Å². The molecule has 0 unspecified atom stereocenters. The lowest BCUT2D eigenvalue weighted by Crippen LogP contribution is -2.04. The van der Waals surface area contributed by atoms with Gasteiger partial charge in [0.05, 0.1) is 4.92 Å². The van der Waals surface area contributed by atoms with Crippen molar-refractivity contribution in [1.29, 1.82) is 0 Å². The second-order valence-corrected chi connectivity index (χ2v) is 3.84. The number of carbonyl (C=O) groups is 1. The predicted octanol–water partition coefficient (Wildman–Crippen LogP) is 2.28. The number of thiazole rings is 1. The van der Waals surface area contributed by atoms with Gasteiger partial charge in [-0.3, -0.25) is 14.9 Å². The minimum Gasteiger partial charge on any atom is -0.286 e. The molecule has 16 heavy (non-hydrogen) atoms. The minimum absolute atomic E-state index is 0.0717. The summed E-state index contributed by atoms with van der Waals surface area (Å²) in [5.41, 5.74) is -0.120. The van der Waals surface area contributed by atoms with Gasteiger partial charge in [0.2, 0.25) is 5.78 Å². The maximum absolute atomic E-state index is 11.9. The van der Waals surface area contributed by atoms with Crippen LogP contribution in [0.25, 0.3) is 0 Å². The Balaban J connectivity index is 2.49. The van der Waals surface area contributed by atoms with E-state index in [2.05, 4.69) is 4.98 Å². The van der Waals surface area contributed by atoms with Crippen molar-refractivity contribution in [2.24, 2.45) is 0 Å². The molecule has 0 atom stereocenters. The van der Waals surface area contributed by atoms with E-state index < -0.39 is 10.7 Å². The Kier molecular flexibility index (Phi) is 2.74. The lowest BCUT2D eigenvalue weighted by molar-refractivity contribution is -0.385. The van der Waals surface area contributed by atoms with E-state index in [0.717, 1.165) is 11.3 Å². The van der Waals surface area contributed by atoms with Crippen LogP contribution in [-0.4, -0.2) is 15.7 Å². The molecule has 2 rings (SSSR count). The molecule has 0 aliphatic heterocycles. The molecule has 0 aliphatic carbocycles. The molecule has 0 saturated carbocycles. The van der Waals surface area contributed by atoms with Crippen molar-refractivity contribution in [3.63, 3.8) is 0 Å². The van der Waals surface area contributed by atoms with Crippen molar-refractivity contribution < 1.29 is 9.72 Å². The number of hydrogen-bond donors (Lipinski definition) is 0. The summed E-state index contributed by atoms with van der Waals surface area (Å²) in [5.74, 6) is -0.415. The van der Waals surface area contributed by atoms with Crippen molar-refractivity contribution in [2.45, 2.75) is 0 Å². The molecule has 0 bridgehead atoms. The summed E-state index contributed by atoms with van der Waals surface area (Å²) in [5, 5.41) is 12.6. The van der Waals surface area contributed by atoms with E-state index in [0.29, 0.717) is 0 Å². The van der Waals surface area contributed by atoms with Gasteiger partial charge >= 0.3 is 0 Å². The van der Waals surface area contributed by atoms with Crippen LogP contribution in [0.2, 0.25) is 0 Å². The molecule has 6 heteroatoms.